The topological polar surface area (TPSA) is 34.0 Å². The van der Waals surface area contributed by atoms with Gasteiger partial charge in [0.05, 0.1) is 0 Å². The van der Waals surface area contributed by atoms with E-state index in [1.54, 1.807) is 0 Å². The zero-order valence-corrected chi connectivity index (χ0v) is 10.6. The summed E-state index contributed by atoms with van der Waals surface area (Å²) in [5.74, 6) is 0. The molecule has 0 bridgehead atoms. The van der Waals surface area contributed by atoms with Crippen LogP contribution >= 0.6 is 0 Å². The molecule has 2 rings (SSSR count). The molecule has 1 heterocycles. The highest BCUT2D eigenvalue weighted by atomic mass is 16.1. The monoisotopic (exact) mass is 234 g/mol. The summed E-state index contributed by atoms with van der Waals surface area (Å²) in [6.45, 7) is 3.80. The third-order valence-electron chi connectivity index (χ3n) is 3.51. The van der Waals surface area contributed by atoms with E-state index in [2.05, 4.69) is 12.2 Å². The SMILES string of the molecule is CCCNCc1cccn(C2CCCC2)c1=O. The van der Waals surface area contributed by atoms with Gasteiger partial charge in [0.2, 0.25) is 0 Å². The van der Waals surface area contributed by atoms with Crippen LogP contribution in [0.1, 0.15) is 50.6 Å². The van der Waals surface area contributed by atoms with Crippen molar-refractivity contribution in [3.63, 3.8) is 0 Å². The van der Waals surface area contributed by atoms with Gasteiger partial charge in [-0.25, -0.2) is 0 Å². The Bertz CT molecular complexity index is 405. The normalized spacial score (nSPS) is 16.5. The molecule has 0 atom stereocenters. The van der Waals surface area contributed by atoms with Crippen LogP contribution in [-0.4, -0.2) is 11.1 Å². The summed E-state index contributed by atoms with van der Waals surface area (Å²) < 4.78 is 1.94. The number of pyridine rings is 1. The van der Waals surface area contributed by atoms with E-state index in [1.807, 2.05) is 22.9 Å². The van der Waals surface area contributed by atoms with Crippen molar-refractivity contribution in [2.45, 2.75) is 51.6 Å². The third kappa shape index (κ3) is 2.97. The van der Waals surface area contributed by atoms with Crippen LogP contribution in [-0.2, 0) is 6.54 Å². The molecule has 0 unspecified atom stereocenters. The van der Waals surface area contributed by atoms with Gasteiger partial charge in [0.25, 0.3) is 5.56 Å². The molecule has 0 radical (unpaired) electrons. The van der Waals surface area contributed by atoms with Crippen molar-refractivity contribution >= 4 is 0 Å². The molecule has 3 nitrogen and oxygen atoms in total. The molecule has 1 fully saturated rings. The van der Waals surface area contributed by atoms with Crippen molar-refractivity contribution in [1.82, 2.24) is 9.88 Å². The first-order valence-corrected chi connectivity index (χ1v) is 6.73. The highest BCUT2D eigenvalue weighted by Crippen LogP contribution is 2.27. The summed E-state index contributed by atoms with van der Waals surface area (Å²) in [5.41, 5.74) is 1.09. The lowest BCUT2D eigenvalue weighted by molar-refractivity contribution is 0.497. The molecule has 1 aromatic heterocycles. The molecule has 0 saturated heterocycles. The minimum Gasteiger partial charge on any atom is -0.312 e. The number of aromatic nitrogens is 1. The average molecular weight is 234 g/mol. The first-order valence-electron chi connectivity index (χ1n) is 6.73. The maximum absolute atomic E-state index is 12.3. The van der Waals surface area contributed by atoms with E-state index in [0.717, 1.165) is 31.4 Å². The molecule has 1 aliphatic carbocycles. The van der Waals surface area contributed by atoms with Gasteiger partial charge < -0.3 is 9.88 Å². The molecule has 17 heavy (non-hydrogen) atoms. The fraction of sp³-hybridized carbons (Fsp3) is 0.643. The van der Waals surface area contributed by atoms with E-state index in [-0.39, 0.29) is 5.56 Å². The lowest BCUT2D eigenvalue weighted by Gasteiger charge is -2.14. The highest BCUT2D eigenvalue weighted by molar-refractivity contribution is 5.11. The van der Waals surface area contributed by atoms with Gasteiger partial charge in [-0.1, -0.05) is 25.8 Å². The van der Waals surface area contributed by atoms with Gasteiger partial charge in [0.15, 0.2) is 0 Å². The second-order valence-electron chi connectivity index (χ2n) is 4.86. The summed E-state index contributed by atoms with van der Waals surface area (Å²) in [4.78, 5) is 12.3. The van der Waals surface area contributed by atoms with E-state index in [0.29, 0.717) is 12.6 Å². The number of hydrogen-bond acceptors (Lipinski definition) is 2. The molecular formula is C14H22N2O. The van der Waals surface area contributed by atoms with E-state index < -0.39 is 0 Å². The van der Waals surface area contributed by atoms with Crippen LogP contribution in [0.25, 0.3) is 0 Å². The molecule has 1 aromatic rings. The first kappa shape index (κ1) is 12.4. The van der Waals surface area contributed by atoms with E-state index >= 15 is 0 Å². The van der Waals surface area contributed by atoms with Crippen LogP contribution < -0.4 is 10.9 Å². The Morgan fingerprint density at radius 1 is 1.41 bits per heavy atom. The zero-order chi connectivity index (χ0) is 12.1. The Balaban J connectivity index is 2.12. The highest BCUT2D eigenvalue weighted by Gasteiger charge is 2.18. The van der Waals surface area contributed by atoms with Gasteiger partial charge in [0, 0.05) is 24.3 Å². The van der Waals surface area contributed by atoms with Crippen molar-refractivity contribution in [3.05, 3.63) is 34.2 Å². The Morgan fingerprint density at radius 3 is 2.88 bits per heavy atom. The van der Waals surface area contributed by atoms with E-state index in [1.165, 1.54) is 12.8 Å². The third-order valence-corrected chi connectivity index (χ3v) is 3.51. The van der Waals surface area contributed by atoms with Gasteiger partial charge in [0.1, 0.15) is 0 Å². The summed E-state index contributed by atoms with van der Waals surface area (Å²) in [5, 5.41) is 3.30. The van der Waals surface area contributed by atoms with Gasteiger partial charge in [-0.05, 0) is 31.9 Å². The molecule has 0 spiro atoms. The van der Waals surface area contributed by atoms with Gasteiger partial charge in [-0.15, -0.1) is 0 Å². The Morgan fingerprint density at radius 2 is 2.18 bits per heavy atom. The van der Waals surface area contributed by atoms with Crippen LogP contribution in [0.3, 0.4) is 0 Å². The van der Waals surface area contributed by atoms with Crippen molar-refractivity contribution in [2.24, 2.45) is 0 Å². The molecular weight excluding hydrogens is 212 g/mol. The van der Waals surface area contributed by atoms with Crippen molar-refractivity contribution < 1.29 is 0 Å². The summed E-state index contributed by atoms with van der Waals surface area (Å²) in [7, 11) is 0. The van der Waals surface area contributed by atoms with Crippen LogP contribution in [0.4, 0.5) is 0 Å². The predicted octanol–water partition coefficient (Wildman–Crippen LogP) is 2.46. The second kappa shape index (κ2) is 6.01. The molecule has 3 heteroatoms. The van der Waals surface area contributed by atoms with Crippen molar-refractivity contribution in [2.75, 3.05) is 6.54 Å². The van der Waals surface area contributed by atoms with Crippen LogP contribution in [0.5, 0.6) is 0 Å². The average Bonchev–Trinajstić information content (AvgIpc) is 2.85. The molecule has 1 aliphatic rings. The van der Waals surface area contributed by atoms with Gasteiger partial charge in [-0.2, -0.15) is 0 Å². The smallest absolute Gasteiger partial charge is 0.255 e. The van der Waals surface area contributed by atoms with Crippen LogP contribution in [0, 0.1) is 0 Å². The molecule has 0 amide bonds. The molecule has 1 saturated carbocycles. The summed E-state index contributed by atoms with van der Waals surface area (Å²) >= 11 is 0. The van der Waals surface area contributed by atoms with Crippen LogP contribution in [0.2, 0.25) is 0 Å². The number of hydrogen-bond donors (Lipinski definition) is 1. The summed E-state index contributed by atoms with van der Waals surface area (Å²) in [6.07, 6.45) is 7.88. The van der Waals surface area contributed by atoms with E-state index in [4.69, 9.17) is 0 Å². The minimum absolute atomic E-state index is 0.197. The van der Waals surface area contributed by atoms with Crippen molar-refractivity contribution in [1.29, 1.82) is 0 Å². The quantitative estimate of drug-likeness (QED) is 0.794. The molecule has 0 aliphatic heterocycles. The standard InChI is InChI=1S/C14H22N2O/c1-2-9-15-11-12-6-5-10-16(14(12)17)13-7-3-4-8-13/h5-6,10,13,15H,2-4,7-9,11H2,1H3. The van der Waals surface area contributed by atoms with Gasteiger partial charge >= 0.3 is 0 Å². The zero-order valence-electron chi connectivity index (χ0n) is 10.6. The second-order valence-corrected chi connectivity index (χ2v) is 4.86. The largest absolute Gasteiger partial charge is 0.312 e. The Kier molecular flexibility index (Phi) is 4.37. The predicted molar refractivity (Wildman–Crippen MR) is 70.2 cm³/mol. The number of rotatable bonds is 5. The van der Waals surface area contributed by atoms with Crippen molar-refractivity contribution in [3.8, 4) is 0 Å². The fourth-order valence-corrected chi connectivity index (χ4v) is 2.56. The maximum atomic E-state index is 12.3. The summed E-state index contributed by atoms with van der Waals surface area (Å²) in [6, 6.07) is 4.38. The fourth-order valence-electron chi connectivity index (χ4n) is 2.56. The lowest BCUT2D eigenvalue weighted by Crippen LogP contribution is -2.28. The minimum atomic E-state index is 0.197. The number of nitrogens with one attached hydrogen (secondary N) is 1. The van der Waals surface area contributed by atoms with E-state index in [9.17, 15) is 4.79 Å². The first-order chi connectivity index (χ1) is 8.33. The number of nitrogens with zero attached hydrogens (tertiary/aromatic N) is 1. The molecule has 0 aromatic carbocycles. The molecule has 94 valence electrons. The Labute approximate surface area is 103 Å². The maximum Gasteiger partial charge on any atom is 0.255 e. The lowest BCUT2D eigenvalue weighted by atomic mass is 10.2. The van der Waals surface area contributed by atoms with Crippen LogP contribution in [0.15, 0.2) is 23.1 Å². The Hall–Kier alpha value is -1.09. The van der Waals surface area contributed by atoms with Gasteiger partial charge in [-0.3, -0.25) is 4.79 Å². The molecule has 1 N–H and O–H groups in total.